The minimum atomic E-state index is -0.195. The van der Waals surface area contributed by atoms with Crippen molar-refractivity contribution in [3.63, 3.8) is 0 Å². The van der Waals surface area contributed by atoms with Gasteiger partial charge < -0.3 is 5.32 Å². The van der Waals surface area contributed by atoms with Crippen LogP contribution >= 0.6 is 11.6 Å². The maximum Gasteiger partial charge on any atom is 0.128 e. The Labute approximate surface area is 82.2 Å². The Kier molecular flexibility index (Phi) is 3.77. The summed E-state index contributed by atoms with van der Waals surface area (Å²) in [6, 6.07) is 4.95. The van der Waals surface area contributed by atoms with E-state index in [9.17, 15) is 4.39 Å². The smallest absolute Gasteiger partial charge is 0.128 e. The zero-order valence-electron chi connectivity index (χ0n) is 7.35. The van der Waals surface area contributed by atoms with E-state index in [1.54, 1.807) is 19.1 Å². The highest BCUT2D eigenvalue weighted by Crippen LogP contribution is 2.16. The van der Waals surface area contributed by atoms with Crippen LogP contribution in [-0.4, -0.2) is 6.54 Å². The SMILES string of the molecule is Cc1c(F)cccc1NC/C=C/Cl. The molecule has 0 saturated carbocycles. The highest BCUT2D eigenvalue weighted by Gasteiger charge is 2.00. The summed E-state index contributed by atoms with van der Waals surface area (Å²) in [6.45, 7) is 2.34. The molecule has 0 atom stereocenters. The van der Waals surface area contributed by atoms with Gasteiger partial charge in [0.1, 0.15) is 5.82 Å². The van der Waals surface area contributed by atoms with Crippen molar-refractivity contribution < 1.29 is 4.39 Å². The maximum absolute atomic E-state index is 13.0. The van der Waals surface area contributed by atoms with Crippen LogP contribution in [0.5, 0.6) is 0 Å². The molecule has 0 fully saturated rings. The van der Waals surface area contributed by atoms with Crippen LogP contribution in [0.15, 0.2) is 29.8 Å². The molecule has 0 amide bonds. The fourth-order valence-electron chi connectivity index (χ4n) is 1.01. The van der Waals surface area contributed by atoms with Gasteiger partial charge >= 0.3 is 0 Å². The molecule has 13 heavy (non-hydrogen) atoms. The van der Waals surface area contributed by atoms with Gasteiger partial charge in [0.2, 0.25) is 0 Å². The van der Waals surface area contributed by atoms with Gasteiger partial charge in [0.05, 0.1) is 0 Å². The summed E-state index contributed by atoms with van der Waals surface area (Å²) in [5.41, 5.74) is 2.86. The first-order valence-corrected chi connectivity index (χ1v) is 4.43. The summed E-state index contributed by atoms with van der Waals surface area (Å²) >= 11 is 5.34. The molecular weight excluding hydrogens is 189 g/mol. The Hall–Kier alpha value is -1.02. The van der Waals surface area contributed by atoms with Gasteiger partial charge in [-0.15, -0.1) is 0 Å². The number of benzene rings is 1. The summed E-state index contributed by atoms with van der Waals surface area (Å²) in [6.07, 6.45) is 1.76. The van der Waals surface area contributed by atoms with Crippen molar-refractivity contribution in [2.75, 3.05) is 11.9 Å². The predicted molar refractivity (Wildman–Crippen MR) is 54.6 cm³/mol. The molecule has 1 rings (SSSR count). The Morgan fingerprint density at radius 1 is 1.54 bits per heavy atom. The molecule has 0 unspecified atom stereocenters. The van der Waals surface area contributed by atoms with Crippen LogP contribution in [0.1, 0.15) is 5.56 Å². The number of nitrogens with one attached hydrogen (secondary N) is 1. The van der Waals surface area contributed by atoms with Gasteiger partial charge in [0.15, 0.2) is 0 Å². The average Bonchev–Trinajstić information content (AvgIpc) is 2.13. The molecule has 1 nitrogen and oxygen atoms in total. The number of anilines is 1. The highest BCUT2D eigenvalue weighted by molar-refractivity contribution is 6.25. The Balaban J connectivity index is 2.71. The van der Waals surface area contributed by atoms with Crippen LogP contribution in [0.3, 0.4) is 0 Å². The summed E-state index contributed by atoms with van der Waals surface area (Å²) in [4.78, 5) is 0. The number of hydrogen-bond donors (Lipinski definition) is 1. The minimum Gasteiger partial charge on any atom is -0.381 e. The fourth-order valence-corrected chi connectivity index (χ4v) is 1.10. The van der Waals surface area contributed by atoms with Crippen molar-refractivity contribution in [2.24, 2.45) is 0 Å². The van der Waals surface area contributed by atoms with Crippen molar-refractivity contribution in [2.45, 2.75) is 6.92 Å². The molecule has 70 valence electrons. The second-order valence-electron chi connectivity index (χ2n) is 2.65. The van der Waals surface area contributed by atoms with Gasteiger partial charge in [-0.2, -0.15) is 0 Å². The standard InChI is InChI=1S/C10H11ClFN/c1-8-9(12)4-2-5-10(8)13-7-3-6-11/h2-6,13H,7H2,1H3/b6-3+. The highest BCUT2D eigenvalue weighted by atomic mass is 35.5. The molecule has 0 spiro atoms. The van der Waals surface area contributed by atoms with E-state index in [0.29, 0.717) is 12.1 Å². The Morgan fingerprint density at radius 2 is 2.31 bits per heavy atom. The van der Waals surface area contributed by atoms with E-state index in [4.69, 9.17) is 11.6 Å². The van der Waals surface area contributed by atoms with E-state index in [0.717, 1.165) is 5.69 Å². The lowest BCUT2D eigenvalue weighted by atomic mass is 10.2. The molecule has 0 aromatic heterocycles. The van der Waals surface area contributed by atoms with Crippen LogP contribution in [0.2, 0.25) is 0 Å². The average molecular weight is 200 g/mol. The number of rotatable bonds is 3. The van der Waals surface area contributed by atoms with E-state index in [2.05, 4.69) is 5.32 Å². The molecule has 0 heterocycles. The lowest BCUT2D eigenvalue weighted by molar-refractivity contribution is 0.619. The molecule has 1 aromatic rings. The van der Waals surface area contributed by atoms with Gasteiger partial charge in [-0.3, -0.25) is 0 Å². The third kappa shape index (κ3) is 2.74. The van der Waals surface area contributed by atoms with Gasteiger partial charge in [-0.25, -0.2) is 4.39 Å². The predicted octanol–water partition coefficient (Wildman–Crippen LogP) is 3.30. The van der Waals surface area contributed by atoms with Crippen molar-refractivity contribution >= 4 is 17.3 Å². The normalized spacial score (nSPS) is 10.7. The molecule has 0 bridgehead atoms. The second-order valence-corrected chi connectivity index (χ2v) is 2.91. The minimum absolute atomic E-state index is 0.195. The molecule has 0 aliphatic heterocycles. The van der Waals surface area contributed by atoms with Crippen molar-refractivity contribution in [3.8, 4) is 0 Å². The number of halogens is 2. The summed E-state index contributed by atoms with van der Waals surface area (Å²) in [7, 11) is 0. The molecular formula is C10H11ClFN. The molecule has 0 aliphatic rings. The fraction of sp³-hybridized carbons (Fsp3) is 0.200. The first-order chi connectivity index (χ1) is 6.25. The van der Waals surface area contributed by atoms with Crippen molar-refractivity contribution in [1.82, 2.24) is 0 Å². The van der Waals surface area contributed by atoms with Gasteiger partial charge in [0.25, 0.3) is 0 Å². The van der Waals surface area contributed by atoms with Gasteiger partial charge in [0, 0.05) is 23.3 Å². The molecule has 0 radical (unpaired) electrons. The van der Waals surface area contributed by atoms with Gasteiger partial charge in [-0.1, -0.05) is 23.7 Å². The Morgan fingerprint density at radius 3 is 3.00 bits per heavy atom. The van der Waals surface area contributed by atoms with Crippen LogP contribution in [0.25, 0.3) is 0 Å². The monoisotopic (exact) mass is 199 g/mol. The Bertz CT molecular complexity index is 310. The molecule has 3 heteroatoms. The quantitative estimate of drug-likeness (QED) is 0.788. The van der Waals surface area contributed by atoms with E-state index in [1.165, 1.54) is 11.6 Å². The molecule has 1 N–H and O–H groups in total. The van der Waals surface area contributed by atoms with Crippen molar-refractivity contribution in [1.29, 1.82) is 0 Å². The molecule has 1 aromatic carbocycles. The summed E-state index contributed by atoms with van der Waals surface area (Å²) in [5.74, 6) is -0.195. The molecule has 0 saturated heterocycles. The zero-order chi connectivity index (χ0) is 9.68. The van der Waals surface area contributed by atoms with Crippen molar-refractivity contribution in [3.05, 3.63) is 41.2 Å². The largest absolute Gasteiger partial charge is 0.381 e. The number of hydrogen-bond acceptors (Lipinski definition) is 1. The summed E-state index contributed by atoms with van der Waals surface area (Å²) in [5, 5.41) is 3.04. The van der Waals surface area contributed by atoms with Crippen LogP contribution < -0.4 is 5.32 Å². The van der Waals surface area contributed by atoms with Gasteiger partial charge in [-0.05, 0) is 19.1 Å². The third-order valence-corrected chi connectivity index (χ3v) is 1.95. The topological polar surface area (TPSA) is 12.0 Å². The van der Waals surface area contributed by atoms with E-state index in [1.807, 2.05) is 6.07 Å². The van der Waals surface area contributed by atoms with E-state index >= 15 is 0 Å². The lowest BCUT2D eigenvalue weighted by Crippen LogP contribution is -2.00. The first kappa shape index (κ1) is 10.1. The van der Waals surface area contributed by atoms with E-state index < -0.39 is 0 Å². The second kappa shape index (κ2) is 4.87. The summed E-state index contributed by atoms with van der Waals surface area (Å²) < 4.78 is 13.0. The molecule has 0 aliphatic carbocycles. The zero-order valence-corrected chi connectivity index (χ0v) is 8.11. The lowest BCUT2D eigenvalue weighted by Gasteiger charge is -2.07. The van der Waals surface area contributed by atoms with E-state index in [-0.39, 0.29) is 5.82 Å². The first-order valence-electron chi connectivity index (χ1n) is 4.00. The van der Waals surface area contributed by atoms with Crippen LogP contribution in [0.4, 0.5) is 10.1 Å². The third-order valence-electron chi connectivity index (χ3n) is 1.77. The van der Waals surface area contributed by atoms with Crippen LogP contribution in [0, 0.1) is 12.7 Å². The van der Waals surface area contributed by atoms with Crippen LogP contribution in [-0.2, 0) is 0 Å². The maximum atomic E-state index is 13.0.